The Hall–Kier alpha value is -2.19. The number of nitrogen functional groups attached to an aromatic ring is 1. The smallest absolute Gasteiger partial charge is 0.242 e. The van der Waals surface area contributed by atoms with Crippen LogP contribution < -0.4 is 16.0 Å². The number of benzene rings is 1. The zero-order valence-corrected chi connectivity index (χ0v) is 13.0. The third-order valence-corrected chi connectivity index (χ3v) is 4.28. The van der Waals surface area contributed by atoms with Crippen LogP contribution in [0.5, 0.6) is 11.6 Å². The molecule has 7 nitrogen and oxygen atoms in total. The maximum Gasteiger partial charge on any atom is 0.242 e. The Morgan fingerprint density at radius 3 is 2.62 bits per heavy atom. The van der Waals surface area contributed by atoms with E-state index < -0.39 is 0 Å². The topological polar surface area (TPSA) is 102 Å². The number of aryl methyl sites for hydroxylation is 2. The molecule has 0 saturated carbocycles. The molecule has 0 saturated heterocycles. The van der Waals surface area contributed by atoms with Crippen molar-refractivity contribution in [2.75, 3.05) is 5.43 Å². The van der Waals surface area contributed by atoms with Gasteiger partial charge < -0.3 is 4.74 Å². The van der Waals surface area contributed by atoms with Crippen molar-refractivity contribution in [1.82, 2.24) is 20.2 Å². The van der Waals surface area contributed by atoms with Crippen LogP contribution in [0.3, 0.4) is 0 Å². The molecule has 3 rings (SSSR count). The van der Waals surface area contributed by atoms with Gasteiger partial charge in [0.05, 0.1) is 6.20 Å². The summed E-state index contributed by atoms with van der Waals surface area (Å²) in [5, 5.41) is 7.40. The number of nitrogens with zero attached hydrogens (tertiary/aromatic N) is 3. The van der Waals surface area contributed by atoms with Gasteiger partial charge in [-0.2, -0.15) is 15.1 Å². The van der Waals surface area contributed by atoms with E-state index in [1.165, 1.54) is 0 Å². The number of hydrazine groups is 1. The lowest BCUT2D eigenvalue weighted by atomic mass is 10.1. The Balaban J connectivity index is 2.07. The lowest BCUT2D eigenvalue weighted by Crippen LogP contribution is -2.10. The second-order valence-electron chi connectivity index (χ2n) is 4.60. The highest BCUT2D eigenvalue weighted by atomic mass is 79.9. The predicted octanol–water partition coefficient (Wildman–Crippen LogP) is 2.81. The standard InChI is InChI=1S/C13H13BrN6O/c1-6-3-8(4-7(2)10(6)14)21-12-9-5-16-20-11(9)17-13(18-12)19-15/h3-5H,15H2,1-2H3,(H2,16,17,18,19,20). The summed E-state index contributed by atoms with van der Waals surface area (Å²) in [5.41, 5.74) is 5.13. The maximum absolute atomic E-state index is 5.88. The van der Waals surface area contributed by atoms with Crippen LogP contribution in [0, 0.1) is 13.8 Å². The normalized spacial score (nSPS) is 10.9. The van der Waals surface area contributed by atoms with Crippen LogP contribution in [0.25, 0.3) is 11.0 Å². The van der Waals surface area contributed by atoms with Crippen LogP contribution >= 0.6 is 15.9 Å². The number of H-pyrrole nitrogens is 1. The lowest BCUT2D eigenvalue weighted by Gasteiger charge is -2.10. The number of nitrogens with one attached hydrogen (secondary N) is 2. The molecule has 2 heterocycles. The van der Waals surface area contributed by atoms with Crippen LogP contribution in [0.15, 0.2) is 22.8 Å². The van der Waals surface area contributed by atoms with Gasteiger partial charge in [0.2, 0.25) is 11.8 Å². The summed E-state index contributed by atoms with van der Waals surface area (Å²) in [6, 6.07) is 3.86. The van der Waals surface area contributed by atoms with Crippen LogP contribution in [-0.4, -0.2) is 20.2 Å². The third kappa shape index (κ3) is 2.55. The fourth-order valence-corrected chi connectivity index (χ4v) is 2.26. The van der Waals surface area contributed by atoms with Crippen molar-refractivity contribution in [3.8, 4) is 11.6 Å². The lowest BCUT2D eigenvalue weighted by molar-refractivity contribution is 0.468. The summed E-state index contributed by atoms with van der Waals surface area (Å²) < 4.78 is 6.95. The Morgan fingerprint density at radius 1 is 1.24 bits per heavy atom. The summed E-state index contributed by atoms with van der Waals surface area (Å²) in [4.78, 5) is 8.38. The maximum atomic E-state index is 5.88. The van der Waals surface area contributed by atoms with E-state index in [4.69, 9.17) is 10.6 Å². The molecule has 0 aliphatic carbocycles. The van der Waals surface area contributed by atoms with Crippen LogP contribution in [0.2, 0.25) is 0 Å². The Bertz CT molecular complexity index is 793. The predicted molar refractivity (Wildman–Crippen MR) is 83.2 cm³/mol. The second kappa shape index (κ2) is 5.30. The summed E-state index contributed by atoms with van der Waals surface area (Å²) in [6.07, 6.45) is 1.61. The molecule has 0 aliphatic rings. The van der Waals surface area contributed by atoms with Crippen molar-refractivity contribution in [3.63, 3.8) is 0 Å². The molecule has 0 spiro atoms. The number of anilines is 1. The Kier molecular flexibility index (Phi) is 3.48. The SMILES string of the molecule is Cc1cc(Oc2nc(NN)nc3[nH]ncc23)cc(C)c1Br. The first-order valence-corrected chi connectivity index (χ1v) is 7.00. The molecule has 0 unspecified atom stereocenters. The van der Waals surface area contributed by atoms with Gasteiger partial charge in [0, 0.05) is 4.47 Å². The summed E-state index contributed by atoms with van der Waals surface area (Å²) >= 11 is 3.53. The van der Waals surface area contributed by atoms with Crippen LogP contribution in [0.1, 0.15) is 11.1 Å². The molecule has 0 radical (unpaired) electrons. The highest BCUT2D eigenvalue weighted by Crippen LogP contribution is 2.31. The molecule has 0 atom stereocenters. The number of aromatic amines is 1. The minimum absolute atomic E-state index is 0.257. The zero-order chi connectivity index (χ0) is 15.0. The number of hydrogen-bond donors (Lipinski definition) is 3. The van der Waals surface area contributed by atoms with Gasteiger partial charge in [-0.15, -0.1) is 0 Å². The molecule has 3 aromatic rings. The molecule has 2 aromatic heterocycles. The van der Waals surface area contributed by atoms with Gasteiger partial charge in [-0.25, -0.2) is 5.84 Å². The van der Waals surface area contributed by atoms with Gasteiger partial charge in [-0.1, -0.05) is 15.9 Å². The molecule has 0 bridgehead atoms. The van der Waals surface area contributed by atoms with Crippen molar-refractivity contribution in [1.29, 1.82) is 0 Å². The quantitative estimate of drug-likeness (QED) is 0.496. The van der Waals surface area contributed by atoms with Crippen molar-refractivity contribution in [3.05, 3.63) is 33.9 Å². The average Bonchev–Trinajstić information content (AvgIpc) is 2.93. The van der Waals surface area contributed by atoms with Crippen molar-refractivity contribution in [2.45, 2.75) is 13.8 Å². The fraction of sp³-hybridized carbons (Fsp3) is 0.154. The molecule has 8 heteroatoms. The van der Waals surface area contributed by atoms with Crippen molar-refractivity contribution in [2.24, 2.45) is 5.84 Å². The number of aromatic nitrogens is 4. The van der Waals surface area contributed by atoms with E-state index in [1.807, 2.05) is 26.0 Å². The first-order valence-electron chi connectivity index (χ1n) is 6.21. The number of nitrogens with two attached hydrogens (primary N) is 1. The first-order chi connectivity index (χ1) is 10.1. The van der Waals surface area contributed by atoms with E-state index in [1.54, 1.807) is 6.20 Å². The highest BCUT2D eigenvalue weighted by molar-refractivity contribution is 9.10. The molecule has 0 amide bonds. The van der Waals surface area contributed by atoms with E-state index in [-0.39, 0.29) is 5.95 Å². The molecular weight excluding hydrogens is 336 g/mol. The second-order valence-corrected chi connectivity index (χ2v) is 5.40. The Morgan fingerprint density at radius 2 is 1.95 bits per heavy atom. The minimum atomic E-state index is 0.257. The molecule has 108 valence electrons. The van der Waals surface area contributed by atoms with E-state index in [2.05, 4.69) is 41.5 Å². The molecule has 0 aliphatic heterocycles. The van der Waals surface area contributed by atoms with Gasteiger partial charge in [-0.05, 0) is 37.1 Å². The zero-order valence-electron chi connectivity index (χ0n) is 11.4. The van der Waals surface area contributed by atoms with E-state index in [0.29, 0.717) is 22.7 Å². The average molecular weight is 349 g/mol. The molecule has 4 N–H and O–H groups in total. The van der Waals surface area contributed by atoms with Crippen LogP contribution in [-0.2, 0) is 0 Å². The van der Waals surface area contributed by atoms with E-state index in [9.17, 15) is 0 Å². The number of ether oxygens (including phenoxy) is 1. The summed E-state index contributed by atoms with van der Waals surface area (Å²) in [7, 11) is 0. The van der Waals surface area contributed by atoms with Crippen molar-refractivity contribution >= 4 is 32.9 Å². The first kappa shape index (κ1) is 13.8. The van der Waals surface area contributed by atoms with E-state index in [0.717, 1.165) is 15.6 Å². The number of halogens is 1. The highest BCUT2D eigenvalue weighted by Gasteiger charge is 2.12. The monoisotopic (exact) mass is 348 g/mol. The number of fused-ring (bicyclic) bond motifs is 1. The molecular formula is C13H13BrN6O. The van der Waals surface area contributed by atoms with E-state index >= 15 is 0 Å². The van der Waals surface area contributed by atoms with Gasteiger partial charge >= 0.3 is 0 Å². The summed E-state index contributed by atoms with van der Waals surface area (Å²) in [6.45, 7) is 4.01. The van der Waals surface area contributed by atoms with Gasteiger partial charge in [0.15, 0.2) is 5.65 Å². The third-order valence-electron chi connectivity index (χ3n) is 3.03. The summed E-state index contributed by atoms with van der Waals surface area (Å²) in [5.74, 6) is 6.71. The molecule has 21 heavy (non-hydrogen) atoms. The van der Waals surface area contributed by atoms with Gasteiger partial charge in [-0.3, -0.25) is 10.5 Å². The van der Waals surface area contributed by atoms with Crippen molar-refractivity contribution < 1.29 is 4.74 Å². The molecule has 0 fully saturated rings. The van der Waals surface area contributed by atoms with Crippen LogP contribution in [0.4, 0.5) is 5.95 Å². The van der Waals surface area contributed by atoms with Gasteiger partial charge in [0.1, 0.15) is 11.1 Å². The fourth-order valence-electron chi connectivity index (χ4n) is 2.03. The molecule has 1 aromatic carbocycles. The minimum Gasteiger partial charge on any atom is -0.438 e. The largest absolute Gasteiger partial charge is 0.438 e. The Labute approximate surface area is 129 Å². The number of rotatable bonds is 3. The van der Waals surface area contributed by atoms with Gasteiger partial charge in [0.25, 0.3) is 0 Å². The number of hydrogen-bond acceptors (Lipinski definition) is 6.